The maximum atomic E-state index is 9.04. The van der Waals surface area contributed by atoms with Crippen LogP contribution in [0.4, 0.5) is 5.69 Å². The fourth-order valence-electron chi connectivity index (χ4n) is 2.93. The summed E-state index contributed by atoms with van der Waals surface area (Å²) in [5.74, 6) is 0.152. The van der Waals surface area contributed by atoms with Crippen molar-refractivity contribution >= 4 is 27.5 Å². The van der Waals surface area contributed by atoms with Gasteiger partial charge in [-0.2, -0.15) is 0 Å². The fourth-order valence-corrected chi connectivity index (χ4v) is 3.29. The number of likely N-dealkylation sites (N-methyl/N-ethyl adjacent to an activating group) is 1. The highest BCUT2D eigenvalue weighted by molar-refractivity contribution is 9.10. The third kappa shape index (κ3) is 3.68. The first-order valence-corrected chi connectivity index (χ1v) is 8.08. The molecule has 1 unspecified atom stereocenters. The predicted octanol–water partition coefficient (Wildman–Crippen LogP) is 2.46. The van der Waals surface area contributed by atoms with Gasteiger partial charge in [-0.3, -0.25) is 0 Å². The van der Waals surface area contributed by atoms with Crippen molar-refractivity contribution in [3.8, 4) is 0 Å². The monoisotopic (exact) mass is 354 g/mol. The summed E-state index contributed by atoms with van der Waals surface area (Å²) >= 11 is 3.46. The summed E-state index contributed by atoms with van der Waals surface area (Å²) in [7, 11) is 2.16. The second-order valence-electron chi connectivity index (χ2n) is 5.52. The number of nitrogens with two attached hydrogens (primary N) is 1. The predicted molar refractivity (Wildman–Crippen MR) is 90.2 cm³/mol. The molecule has 0 aliphatic carbocycles. The lowest BCUT2D eigenvalue weighted by Crippen LogP contribution is -2.40. The molecule has 1 heterocycles. The first-order valence-electron chi connectivity index (χ1n) is 7.29. The average molecular weight is 355 g/mol. The zero-order chi connectivity index (χ0) is 15.4. The summed E-state index contributed by atoms with van der Waals surface area (Å²) in [6, 6.07) is 6.39. The summed E-state index contributed by atoms with van der Waals surface area (Å²) in [5, 5.41) is 12.2. The molecule has 1 aromatic carbocycles. The van der Waals surface area contributed by atoms with Gasteiger partial charge in [0.05, 0.1) is 0 Å². The van der Waals surface area contributed by atoms with Gasteiger partial charge in [0.25, 0.3) is 0 Å². The van der Waals surface area contributed by atoms with E-state index in [1.54, 1.807) is 0 Å². The Morgan fingerprint density at radius 3 is 2.90 bits per heavy atom. The van der Waals surface area contributed by atoms with Crippen LogP contribution in [0.15, 0.2) is 27.8 Å². The van der Waals surface area contributed by atoms with Crippen LogP contribution in [0.1, 0.15) is 25.3 Å². The molecule has 0 amide bonds. The number of amidine groups is 1. The van der Waals surface area contributed by atoms with E-state index in [9.17, 15) is 0 Å². The number of rotatable bonds is 3. The number of hydrogen-bond donors (Lipinski definition) is 2. The molecule has 5 nitrogen and oxygen atoms in total. The van der Waals surface area contributed by atoms with Crippen molar-refractivity contribution in [3.05, 3.63) is 28.2 Å². The largest absolute Gasteiger partial charge is 0.409 e. The molecule has 1 aromatic rings. The Morgan fingerprint density at radius 1 is 1.48 bits per heavy atom. The molecule has 0 bridgehead atoms. The molecular weight excluding hydrogens is 332 g/mol. The number of hydrogen-bond acceptors (Lipinski definition) is 4. The number of nitrogens with zero attached hydrogens (tertiary/aromatic N) is 3. The van der Waals surface area contributed by atoms with Crippen LogP contribution >= 0.6 is 15.9 Å². The molecular formula is C15H23BrN4O. The first-order chi connectivity index (χ1) is 10.1. The summed E-state index contributed by atoms with van der Waals surface area (Å²) in [4.78, 5) is 4.76. The number of benzene rings is 1. The van der Waals surface area contributed by atoms with E-state index in [0.717, 1.165) is 48.2 Å². The van der Waals surface area contributed by atoms with Gasteiger partial charge >= 0.3 is 0 Å². The van der Waals surface area contributed by atoms with Crippen molar-refractivity contribution in [2.24, 2.45) is 10.9 Å². The van der Waals surface area contributed by atoms with Crippen LogP contribution < -0.4 is 10.6 Å². The van der Waals surface area contributed by atoms with E-state index in [4.69, 9.17) is 10.9 Å². The van der Waals surface area contributed by atoms with Gasteiger partial charge in [-0.15, -0.1) is 0 Å². The molecule has 21 heavy (non-hydrogen) atoms. The molecule has 1 aliphatic heterocycles. The van der Waals surface area contributed by atoms with Gasteiger partial charge in [-0.05, 0) is 44.6 Å². The Kier molecular flexibility index (Phi) is 5.47. The van der Waals surface area contributed by atoms with Crippen molar-refractivity contribution in [1.29, 1.82) is 0 Å². The molecule has 2 rings (SSSR count). The summed E-state index contributed by atoms with van der Waals surface area (Å²) < 4.78 is 0.924. The molecule has 6 heteroatoms. The second-order valence-corrected chi connectivity index (χ2v) is 6.43. The maximum absolute atomic E-state index is 9.04. The van der Waals surface area contributed by atoms with Gasteiger partial charge in [0.1, 0.15) is 0 Å². The average Bonchev–Trinajstić information content (AvgIpc) is 2.67. The second kappa shape index (κ2) is 7.13. The summed E-state index contributed by atoms with van der Waals surface area (Å²) in [6.07, 6.45) is 2.18. The van der Waals surface area contributed by atoms with E-state index in [2.05, 4.69) is 44.9 Å². The standard InChI is InChI=1S/C15H23BrN4O/c1-3-12-10-19(2)7-4-8-20(12)14-6-5-11(16)9-13(14)15(17)18-21/h5-6,9,12,21H,3-4,7-8,10H2,1-2H3,(H2,17,18). The minimum absolute atomic E-state index is 0.152. The maximum Gasteiger partial charge on any atom is 0.172 e. The molecule has 0 spiro atoms. The van der Waals surface area contributed by atoms with Gasteiger partial charge in [-0.1, -0.05) is 28.0 Å². The molecule has 1 saturated heterocycles. The third-order valence-electron chi connectivity index (χ3n) is 4.03. The van der Waals surface area contributed by atoms with Crippen LogP contribution in [0, 0.1) is 0 Å². The zero-order valence-electron chi connectivity index (χ0n) is 12.6. The Bertz CT molecular complexity index is 520. The molecule has 1 fully saturated rings. The minimum Gasteiger partial charge on any atom is -0.409 e. The van der Waals surface area contributed by atoms with Gasteiger partial charge in [-0.25, -0.2) is 0 Å². The molecule has 1 atom stereocenters. The van der Waals surface area contributed by atoms with Crippen LogP contribution in [0.2, 0.25) is 0 Å². The highest BCUT2D eigenvalue weighted by Gasteiger charge is 2.24. The van der Waals surface area contributed by atoms with Crippen LogP contribution in [0.25, 0.3) is 0 Å². The van der Waals surface area contributed by atoms with Crippen LogP contribution in [-0.2, 0) is 0 Å². The Hall–Kier alpha value is -1.27. The Labute approximate surface area is 134 Å². The van der Waals surface area contributed by atoms with E-state index < -0.39 is 0 Å². The van der Waals surface area contributed by atoms with Crippen molar-refractivity contribution in [2.45, 2.75) is 25.8 Å². The number of oxime groups is 1. The van der Waals surface area contributed by atoms with Crippen molar-refractivity contribution in [3.63, 3.8) is 0 Å². The van der Waals surface area contributed by atoms with Gasteiger partial charge in [0, 0.05) is 34.9 Å². The molecule has 0 radical (unpaired) electrons. The van der Waals surface area contributed by atoms with Crippen molar-refractivity contribution in [2.75, 3.05) is 31.6 Å². The molecule has 0 aromatic heterocycles. The lowest BCUT2D eigenvalue weighted by molar-refractivity contribution is 0.318. The van der Waals surface area contributed by atoms with Crippen LogP contribution in [-0.4, -0.2) is 48.7 Å². The Balaban J connectivity index is 2.43. The highest BCUT2D eigenvalue weighted by atomic mass is 79.9. The molecule has 1 aliphatic rings. The third-order valence-corrected chi connectivity index (χ3v) is 4.52. The zero-order valence-corrected chi connectivity index (χ0v) is 14.2. The molecule has 116 valence electrons. The van der Waals surface area contributed by atoms with Crippen molar-refractivity contribution in [1.82, 2.24) is 4.90 Å². The first kappa shape index (κ1) is 16.1. The smallest absolute Gasteiger partial charge is 0.172 e. The quantitative estimate of drug-likeness (QED) is 0.378. The van der Waals surface area contributed by atoms with Gasteiger partial charge in [0.2, 0.25) is 0 Å². The van der Waals surface area contributed by atoms with Crippen molar-refractivity contribution < 1.29 is 5.21 Å². The SMILES string of the molecule is CCC1CN(C)CCCN1c1ccc(Br)cc1/C(N)=N/O. The molecule has 0 saturated carbocycles. The summed E-state index contributed by atoms with van der Waals surface area (Å²) in [6.45, 7) is 5.32. The fraction of sp³-hybridized carbons (Fsp3) is 0.533. The van der Waals surface area contributed by atoms with Crippen LogP contribution in [0.5, 0.6) is 0 Å². The van der Waals surface area contributed by atoms with Crippen LogP contribution in [0.3, 0.4) is 0 Å². The molecule has 3 N–H and O–H groups in total. The summed E-state index contributed by atoms with van der Waals surface area (Å²) in [5.41, 5.74) is 7.68. The lowest BCUT2D eigenvalue weighted by atomic mass is 10.1. The highest BCUT2D eigenvalue weighted by Crippen LogP contribution is 2.28. The van der Waals surface area contributed by atoms with E-state index in [-0.39, 0.29) is 5.84 Å². The number of halogens is 1. The van der Waals surface area contributed by atoms with Gasteiger partial charge < -0.3 is 20.7 Å². The van der Waals surface area contributed by atoms with E-state index in [1.165, 1.54) is 0 Å². The van der Waals surface area contributed by atoms with E-state index >= 15 is 0 Å². The van der Waals surface area contributed by atoms with Gasteiger partial charge in [0.15, 0.2) is 5.84 Å². The Morgan fingerprint density at radius 2 is 2.24 bits per heavy atom. The number of anilines is 1. The lowest BCUT2D eigenvalue weighted by Gasteiger charge is -2.33. The minimum atomic E-state index is 0.152. The van der Waals surface area contributed by atoms with E-state index in [0.29, 0.717) is 6.04 Å². The van der Waals surface area contributed by atoms with E-state index in [1.807, 2.05) is 18.2 Å². The topological polar surface area (TPSA) is 65.1 Å². The normalized spacial score (nSPS) is 21.4.